The SMILES string of the molecule is Cc1cc(NC(=O)CN2CCN(C(=O)C(C)Oc3cccc(C(C)(C)C)c3)CC2)no1. The van der Waals surface area contributed by atoms with Crippen LogP contribution in [0.25, 0.3) is 0 Å². The summed E-state index contributed by atoms with van der Waals surface area (Å²) >= 11 is 0. The van der Waals surface area contributed by atoms with Crippen LogP contribution in [0.1, 0.15) is 39.0 Å². The minimum Gasteiger partial charge on any atom is -0.481 e. The number of benzene rings is 1. The second kappa shape index (κ2) is 9.51. The molecule has 8 nitrogen and oxygen atoms in total. The lowest BCUT2D eigenvalue weighted by Gasteiger charge is -2.35. The summed E-state index contributed by atoms with van der Waals surface area (Å²) in [6, 6.07) is 9.57. The molecule has 1 unspecified atom stereocenters. The van der Waals surface area contributed by atoms with Crippen molar-refractivity contribution in [2.24, 2.45) is 0 Å². The number of hydrogen-bond acceptors (Lipinski definition) is 6. The van der Waals surface area contributed by atoms with Crippen LogP contribution >= 0.6 is 0 Å². The molecule has 0 aliphatic carbocycles. The Labute approximate surface area is 183 Å². The first-order chi connectivity index (χ1) is 14.6. The zero-order chi connectivity index (χ0) is 22.6. The fourth-order valence-electron chi connectivity index (χ4n) is 3.48. The lowest BCUT2D eigenvalue weighted by molar-refractivity contribution is -0.139. The van der Waals surface area contributed by atoms with E-state index >= 15 is 0 Å². The third kappa shape index (κ3) is 6.30. The van der Waals surface area contributed by atoms with Gasteiger partial charge in [-0.3, -0.25) is 14.5 Å². The highest BCUT2D eigenvalue weighted by Gasteiger charge is 2.27. The molecule has 3 rings (SSSR count). The number of carbonyl (C=O) groups excluding carboxylic acids is 2. The number of anilines is 1. The molecule has 31 heavy (non-hydrogen) atoms. The van der Waals surface area contributed by atoms with E-state index in [-0.39, 0.29) is 23.8 Å². The zero-order valence-corrected chi connectivity index (χ0v) is 19.0. The van der Waals surface area contributed by atoms with Crippen molar-refractivity contribution < 1.29 is 18.8 Å². The van der Waals surface area contributed by atoms with Crippen molar-refractivity contribution in [1.82, 2.24) is 15.0 Å². The largest absolute Gasteiger partial charge is 0.481 e. The van der Waals surface area contributed by atoms with Crippen molar-refractivity contribution in [3.63, 3.8) is 0 Å². The Bertz CT molecular complexity index is 910. The predicted octanol–water partition coefficient (Wildman–Crippen LogP) is 2.83. The van der Waals surface area contributed by atoms with Crippen LogP contribution in [0.15, 0.2) is 34.9 Å². The number of aryl methyl sites for hydroxylation is 1. The summed E-state index contributed by atoms with van der Waals surface area (Å²) < 4.78 is 10.9. The Balaban J connectivity index is 1.46. The van der Waals surface area contributed by atoms with Crippen LogP contribution in [0.3, 0.4) is 0 Å². The van der Waals surface area contributed by atoms with Gasteiger partial charge in [0, 0.05) is 32.2 Å². The number of nitrogens with zero attached hydrogens (tertiary/aromatic N) is 3. The van der Waals surface area contributed by atoms with E-state index in [1.54, 1.807) is 24.8 Å². The van der Waals surface area contributed by atoms with E-state index < -0.39 is 6.10 Å². The topological polar surface area (TPSA) is 87.9 Å². The van der Waals surface area contributed by atoms with E-state index in [9.17, 15) is 9.59 Å². The van der Waals surface area contributed by atoms with E-state index in [2.05, 4.69) is 37.3 Å². The highest BCUT2D eigenvalue weighted by molar-refractivity contribution is 5.91. The molecule has 2 aromatic rings. The van der Waals surface area contributed by atoms with Gasteiger partial charge in [-0.25, -0.2) is 0 Å². The Hall–Kier alpha value is -2.87. The highest BCUT2D eigenvalue weighted by atomic mass is 16.5. The number of carbonyl (C=O) groups is 2. The van der Waals surface area contributed by atoms with Crippen LogP contribution in [0, 0.1) is 6.92 Å². The second-order valence-electron chi connectivity index (χ2n) is 9.01. The number of rotatable bonds is 6. The Kier molecular flexibility index (Phi) is 7.00. The molecule has 0 radical (unpaired) electrons. The van der Waals surface area contributed by atoms with E-state index in [0.717, 1.165) is 5.56 Å². The fourth-order valence-corrected chi connectivity index (χ4v) is 3.48. The van der Waals surface area contributed by atoms with Gasteiger partial charge in [-0.05, 0) is 37.0 Å². The van der Waals surface area contributed by atoms with E-state index in [0.29, 0.717) is 43.5 Å². The molecular formula is C23H32N4O4. The molecule has 1 aromatic heterocycles. The van der Waals surface area contributed by atoms with Crippen LogP contribution < -0.4 is 10.1 Å². The normalized spacial score (nSPS) is 16.1. The number of amides is 2. The van der Waals surface area contributed by atoms with E-state index in [1.807, 2.05) is 23.1 Å². The van der Waals surface area contributed by atoms with Crippen molar-refractivity contribution in [3.05, 3.63) is 41.7 Å². The first-order valence-electron chi connectivity index (χ1n) is 10.6. The fraction of sp³-hybridized carbons (Fsp3) is 0.522. The Morgan fingerprint density at radius 2 is 1.90 bits per heavy atom. The van der Waals surface area contributed by atoms with Gasteiger partial charge in [0.05, 0.1) is 6.54 Å². The van der Waals surface area contributed by atoms with Crippen LogP contribution in [0.2, 0.25) is 0 Å². The molecule has 1 atom stereocenters. The van der Waals surface area contributed by atoms with Gasteiger partial charge in [0.25, 0.3) is 5.91 Å². The molecule has 168 valence electrons. The number of nitrogens with one attached hydrogen (secondary N) is 1. The maximum Gasteiger partial charge on any atom is 0.263 e. The van der Waals surface area contributed by atoms with Gasteiger partial charge >= 0.3 is 0 Å². The summed E-state index contributed by atoms with van der Waals surface area (Å²) in [5.74, 6) is 1.57. The Morgan fingerprint density at radius 3 is 2.52 bits per heavy atom. The molecule has 1 saturated heterocycles. The van der Waals surface area contributed by atoms with E-state index in [1.165, 1.54) is 0 Å². The van der Waals surface area contributed by atoms with Crippen molar-refractivity contribution in [2.75, 3.05) is 38.0 Å². The standard InChI is InChI=1S/C23H32N4O4/c1-16-13-20(25-31-16)24-21(28)15-26-9-11-27(12-10-26)22(29)17(2)30-19-8-6-7-18(14-19)23(3,4)5/h6-8,13-14,17H,9-12,15H2,1-5H3,(H,24,25,28). The summed E-state index contributed by atoms with van der Waals surface area (Å²) in [6.07, 6.45) is -0.569. The maximum absolute atomic E-state index is 12.8. The molecule has 1 fully saturated rings. The number of aromatic nitrogens is 1. The van der Waals surface area contributed by atoms with Crippen molar-refractivity contribution >= 4 is 17.6 Å². The van der Waals surface area contributed by atoms with Crippen LogP contribution in [-0.2, 0) is 15.0 Å². The molecule has 1 aliphatic heterocycles. The van der Waals surface area contributed by atoms with Crippen molar-refractivity contribution in [3.8, 4) is 5.75 Å². The molecule has 1 aromatic carbocycles. The molecule has 0 spiro atoms. The van der Waals surface area contributed by atoms with Crippen molar-refractivity contribution in [2.45, 2.75) is 46.1 Å². The zero-order valence-electron chi connectivity index (χ0n) is 19.0. The predicted molar refractivity (Wildman–Crippen MR) is 118 cm³/mol. The lowest BCUT2D eigenvalue weighted by atomic mass is 9.87. The van der Waals surface area contributed by atoms with Gasteiger partial charge < -0.3 is 19.5 Å². The minimum atomic E-state index is -0.569. The second-order valence-corrected chi connectivity index (χ2v) is 9.01. The average Bonchev–Trinajstić information content (AvgIpc) is 3.12. The van der Waals surface area contributed by atoms with Crippen LogP contribution in [0.4, 0.5) is 5.82 Å². The van der Waals surface area contributed by atoms with Crippen molar-refractivity contribution in [1.29, 1.82) is 0 Å². The summed E-state index contributed by atoms with van der Waals surface area (Å²) in [5, 5.41) is 6.48. The molecule has 2 heterocycles. The molecule has 0 bridgehead atoms. The van der Waals surface area contributed by atoms with E-state index in [4.69, 9.17) is 9.26 Å². The minimum absolute atomic E-state index is 0.0156. The van der Waals surface area contributed by atoms with Gasteiger partial charge in [0.1, 0.15) is 11.5 Å². The smallest absolute Gasteiger partial charge is 0.263 e. The average molecular weight is 429 g/mol. The third-order valence-electron chi connectivity index (χ3n) is 5.31. The van der Waals surface area contributed by atoms with Crippen LogP contribution in [-0.4, -0.2) is 65.6 Å². The first kappa shape index (κ1) is 22.8. The number of hydrogen-bond donors (Lipinski definition) is 1. The first-order valence-corrected chi connectivity index (χ1v) is 10.6. The molecule has 1 aliphatic rings. The van der Waals surface area contributed by atoms with Crippen LogP contribution in [0.5, 0.6) is 5.75 Å². The molecule has 8 heteroatoms. The summed E-state index contributed by atoms with van der Waals surface area (Å²) in [5.41, 5.74) is 1.18. The molecule has 2 amide bonds. The lowest BCUT2D eigenvalue weighted by Crippen LogP contribution is -2.53. The van der Waals surface area contributed by atoms with Gasteiger partial charge in [-0.15, -0.1) is 0 Å². The summed E-state index contributed by atoms with van der Waals surface area (Å²) in [6.45, 7) is 12.6. The quantitative estimate of drug-likeness (QED) is 0.761. The Morgan fingerprint density at radius 1 is 1.19 bits per heavy atom. The van der Waals surface area contributed by atoms with Gasteiger partial charge in [0.15, 0.2) is 11.9 Å². The molecule has 1 N–H and O–H groups in total. The molecule has 0 saturated carbocycles. The van der Waals surface area contributed by atoms with Gasteiger partial charge in [-0.1, -0.05) is 38.1 Å². The number of piperazine rings is 1. The van der Waals surface area contributed by atoms with Gasteiger partial charge in [0.2, 0.25) is 5.91 Å². The monoisotopic (exact) mass is 428 g/mol. The molecular weight excluding hydrogens is 396 g/mol. The summed E-state index contributed by atoms with van der Waals surface area (Å²) in [7, 11) is 0. The maximum atomic E-state index is 12.8. The highest BCUT2D eigenvalue weighted by Crippen LogP contribution is 2.26. The van der Waals surface area contributed by atoms with Gasteiger partial charge in [-0.2, -0.15) is 0 Å². The number of ether oxygens (including phenoxy) is 1. The summed E-state index contributed by atoms with van der Waals surface area (Å²) in [4.78, 5) is 28.8. The third-order valence-corrected chi connectivity index (χ3v) is 5.31.